The minimum atomic E-state index is -1.53. The van der Waals surface area contributed by atoms with Gasteiger partial charge in [0.1, 0.15) is 17.1 Å². The van der Waals surface area contributed by atoms with E-state index in [0.29, 0.717) is 11.3 Å². The molecule has 3 aromatic heterocycles. The van der Waals surface area contributed by atoms with Gasteiger partial charge in [-0.25, -0.2) is 13.6 Å². The van der Waals surface area contributed by atoms with Gasteiger partial charge in [0.15, 0.2) is 0 Å². The van der Waals surface area contributed by atoms with Crippen LogP contribution in [0.25, 0.3) is 33.3 Å². The predicted octanol–water partition coefficient (Wildman–Crippen LogP) is 6.68. The highest BCUT2D eigenvalue weighted by Crippen LogP contribution is 2.42. The summed E-state index contributed by atoms with van der Waals surface area (Å²) in [6.07, 6.45) is 4.28. The molecule has 1 aromatic carbocycles. The second-order valence-corrected chi connectivity index (χ2v) is 9.91. The maximum atomic E-state index is 15.9. The zero-order valence-electron chi connectivity index (χ0n) is 19.9. The van der Waals surface area contributed by atoms with Crippen LogP contribution in [0.3, 0.4) is 0 Å². The molecule has 8 heteroatoms. The number of hydrogen-bond donors (Lipinski definition) is 1. The molecule has 1 aliphatic carbocycles. The molecule has 0 spiro atoms. The number of benzene rings is 1. The molecule has 0 atom stereocenters. The van der Waals surface area contributed by atoms with Crippen LogP contribution < -0.4 is 0 Å². The highest BCUT2D eigenvalue weighted by molar-refractivity contribution is 5.96. The first-order valence-corrected chi connectivity index (χ1v) is 11.7. The maximum absolute atomic E-state index is 15.9. The molecule has 0 amide bonds. The lowest BCUT2D eigenvalue weighted by Gasteiger charge is -2.36. The summed E-state index contributed by atoms with van der Waals surface area (Å²) >= 11 is 0. The number of alkyl halides is 2. The second-order valence-electron chi connectivity index (χ2n) is 9.91. The van der Waals surface area contributed by atoms with Gasteiger partial charge in [-0.15, -0.1) is 0 Å². The van der Waals surface area contributed by atoms with Crippen molar-refractivity contribution in [3.05, 3.63) is 59.7 Å². The molecule has 4 aromatic rings. The molecule has 1 aliphatic rings. The van der Waals surface area contributed by atoms with E-state index in [2.05, 4.69) is 5.16 Å². The molecule has 6 nitrogen and oxygen atoms in total. The molecule has 0 unspecified atom stereocenters. The molecular weight excluding hydrogens is 452 g/mol. The lowest BCUT2D eigenvalue weighted by atomic mass is 9.79. The van der Waals surface area contributed by atoms with Gasteiger partial charge >= 0.3 is 5.97 Å². The molecule has 182 valence electrons. The minimum absolute atomic E-state index is 0.0829. The monoisotopic (exact) mass is 479 g/mol. The van der Waals surface area contributed by atoms with Gasteiger partial charge in [0, 0.05) is 29.1 Å². The molecule has 0 aliphatic heterocycles. The predicted molar refractivity (Wildman–Crippen MR) is 129 cm³/mol. The van der Waals surface area contributed by atoms with Crippen LogP contribution in [-0.2, 0) is 6.54 Å². The fourth-order valence-corrected chi connectivity index (χ4v) is 5.02. The van der Waals surface area contributed by atoms with E-state index in [4.69, 9.17) is 9.51 Å². The highest BCUT2D eigenvalue weighted by atomic mass is 19.1. The fraction of sp³-hybridized carbons (Fsp3) is 0.370. The van der Waals surface area contributed by atoms with Crippen LogP contribution in [0.5, 0.6) is 0 Å². The Morgan fingerprint density at radius 2 is 1.80 bits per heavy atom. The Kier molecular flexibility index (Phi) is 5.49. The van der Waals surface area contributed by atoms with E-state index in [0.717, 1.165) is 33.5 Å². The van der Waals surface area contributed by atoms with Crippen molar-refractivity contribution in [2.24, 2.45) is 0 Å². The normalized spacial score (nSPS) is 22.5. The number of aromatic carboxylic acids is 1. The van der Waals surface area contributed by atoms with E-state index >= 15 is 4.39 Å². The van der Waals surface area contributed by atoms with Gasteiger partial charge in [-0.1, -0.05) is 17.3 Å². The van der Waals surface area contributed by atoms with Crippen LogP contribution in [0.2, 0.25) is 0 Å². The van der Waals surface area contributed by atoms with Gasteiger partial charge in [-0.2, -0.15) is 0 Å². The van der Waals surface area contributed by atoms with Crippen LogP contribution in [0.4, 0.5) is 8.78 Å². The maximum Gasteiger partial charge on any atom is 0.335 e. The number of aromatic nitrogens is 3. The van der Waals surface area contributed by atoms with E-state index < -0.39 is 17.3 Å². The Hall–Kier alpha value is -3.55. The molecule has 0 saturated heterocycles. The molecule has 1 saturated carbocycles. The number of pyridine rings is 1. The number of halogens is 2. The quantitative estimate of drug-likeness (QED) is 0.345. The van der Waals surface area contributed by atoms with Crippen molar-refractivity contribution in [3.8, 4) is 22.3 Å². The van der Waals surface area contributed by atoms with E-state index in [-0.39, 0.29) is 37.8 Å². The average Bonchev–Trinajstić information content (AvgIpc) is 3.35. The Balaban J connectivity index is 1.62. The van der Waals surface area contributed by atoms with Crippen LogP contribution in [0.1, 0.15) is 54.4 Å². The number of aryl methyl sites for hydroxylation is 2. The number of fused-ring (bicyclic) bond motifs is 1. The second kappa shape index (κ2) is 8.29. The summed E-state index contributed by atoms with van der Waals surface area (Å²) in [5.41, 5.74) is 2.71. The number of hydrogen-bond acceptors (Lipinski definition) is 4. The fourth-order valence-electron chi connectivity index (χ4n) is 5.02. The zero-order chi connectivity index (χ0) is 25.0. The molecule has 1 fully saturated rings. The summed E-state index contributed by atoms with van der Waals surface area (Å²) in [5, 5.41) is 13.3. The largest absolute Gasteiger partial charge is 0.478 e. The van der Waals surface area contributed by atoms with Crippen molar-refractivity contribution in [1.29, 1.82) is 0 Å². The summed E-state index contributed by atoms with van der Waals surface area (Å²) in [4.78, 5) is 16.0. The first kappa shape index (κ1) is 23.2. The lowest BCUT2D eigenvalue weighted by molar-refractivity contribution is 0.0132. The van der Waals surface area contributed by atoms with Crippen molar-refractivity contribution in [3.63, 3.8) is 0 Å². The Morgan fingerprint density at radius 1 is 1.11 bits per heavy atom. The van der Waals surface area contributed by atoms with Crippen molar-refractivity contribution >= 4 is 17.0 Å². The molecule has 0 radical (unpaired) electrons. The summed E-state index contributed by atoms with van der Waals surface area (Å²) in [6, 6.07) is 8.49. The van der Waals surface area contributed by atoms with E-state index in [1.54, 1.807) is 30.5 Å². The van der Waals surface area contributed by atoms with E-state index in [9.17, 15) is 14.3 Å². The summed E-state index contributed by atoms with van der Waals surface area (Å²) in [6.45, 7) is 5.31. The summed E-state index contributed by atoms with van der Waals surface area (Å²) < 4.78 is 37.4. The number of carboxylic acids is 1. The first-order chi connectivity index (χ1) is 16.6. The molecule has 1 N–H and O–H groups in total. The van der Waals surface area contributed by atoms with Crippen molar-refractivity contribution in [2.45, 2.75) is 64.3 Å². The Morgan fingerprint density at radius 3 is 2.40 bits per heavy atom. The van der Waals surface area contributed by atoms with Crippen molar-refractivity contribution < 1.29 is 23.2 Å². The molecule has 5 rings (SSSR count). The van der Waals surface area contributed by atoms with E-state index in [1.165, 1.54) is 6.92 Å². The zero-order valence-corrected chi connectivity index (χ0v) is 19.9. The van der Waals surface area contributed by atoms with Crippen LogP contribution in [0.15, 0.2) is 47.2 Å². The van der Waals surface area contributed by atoms with Crippen molar-refractivity contribution in [1.82, 2.24) is 14.7 Å². The molecule has 3 heterocycles. The third-order valence-electron chi connectivity index (χ3n) is 7.12. The summed E-state index contributed by atoms with van der Waals surface area (Å²) in [7, 11) is 0. The minimum Gasteiger partial charge on any atom is -0.478 e. The third-order valence-corrected chi connectivity index (χ3v) is 7.12. The van der Waals surface area contributed by atoms with Gasteiger partial charge in [0.2, 0.25) is 0 Å². The molecular formula is C27H27F2N3O3. The van der Waals surface area contributed by atoms with Crippen LogP contribution in [-0.4, -0.2) is 37.1 Å². The van der Waals surface area contributed by atoms with Crippen molar-refractivity contribution in [2.75, 3.05) is 0 Å². The van der Waals surface area contributed by atoms with Crippen LogP contribution in [0, 0.1) is 13.8 Å². The Labute approximate surface area is 201 Å². The topological polar surface area (TPSA) is 81.2 Å². The molecule has 0 bridgehead atoms. The standard InChI is InChI=1S/C27H27F2N3O3/c1-16-23(17(2)35-31-16)20-12-22-24(30-13-20)21(18-4-6-19(7-5-18)25(33)34)14-32(22)15-27(29)10-8-26(3,28)9-11-27/h4-7,12-14H,8-11,15H2,1-3H3,(H,33,34). The van der Waals surface area contributed by atoms with Gasteiger partial charge in [0.25, 0.3) is 0 Å². The van der Waals surface area contributed by atoms with Gasteiger partial charge in [0.05, 0.1) is 28.8 Å². The average molecular weight is 480 g/mol. The Bertz CT molecular complexity index is 1390. The first-order valence-electron chi connectivity index (χ1n) is 11.7. The SMILES string of the molecule is Cc1noc(C)c1-c1cnc2c(-c3ccc(C(=O)O)cc3)cn(CC3(F)CCC(C)(F)CC3)c2c1. The highest BCUT2D eigenvalue weighted by Gasteiger charge is 2.41. The number of rotatable bonds is 5. The summed E-state index contributed by atoms with van der Waals surface area (Å²) in [5.74, 6) is -0.333. The van der Waals surface area contributed by atoms with Gasteiger partial charge in [-0.05, 0) is 70.2 Å². The molecule has 35 heavy (non-hydrogen) atoms. The lowest BCUT2D eigenvalue weighted by Crippen LogP contribution is -2.38. The number of nitrogens with zero attached hydrogens (tertiary/aromatic N) is 3. The van der Waals surface area contributed by atoms with Crippen LogP contribution >= 0.6 is 0 Å². The smallest absolute Gasteiger partial charge is 0.335 e. The number of carbonyl (C=O) groups is 1. The van der Waals surface area contributed by atoms with Gasteiger partial charge in [-0.3, -0.25) is 4.98 Å². The van der Waals surface area contributed by atoms with Gasteiger partial charge < -0.3 is 14.2 Å². The third kappa shape index (κ3) is 4.33. The number of carboxylic acid groups (broad SMARTS) is 1. The van der Waals surface area contributed by atoms with E-state index in [1.807, 2.05) is 30.7 Å².